The van der Waals surface area contributed by atoms with Gasteiger partial charge in [-0.25, -0.2) is 0 Å². The number of rotatable bonds is 3. The van der Waals surface area contributed by atoms with Crippen molar-refractivity contribution in [2.24, 2.45) is 0 Å². The van der Waals surface area contributed by atoms with Crippen LogP contribution >= 0.6 is 0 Å². The molecule has 0 spiro atoms. The first-order chi connectivity index (χ1) is 25.4. The van der Waals surface area contributed by atoms with E-state index in [0.717, 1.165) is 39.5 Å². The predicted octanol–water partition coefficient (Wildman–Crippen LogP) is 14.5. The van der Waals surface area contributed by atoms with Crippen LogP contribution in [-0.4, -0.2) is 0 Å². The minimum Gasteiger partial charge on any atom is -0.453 e. The number of ether oxygens (including phenoxy) is 1. The lowest BCUT2D eigenvalue weighted by atomic mass is 9.86. The maximum atomic E-state index is 6.74. The summed E-state index contributed by atoms with van der Waals surface area (Å²) in [7, 11) is 0. The molecule has 1 aliphatic rings. The van der Waals surface area contributed by atoms with Crippen molar-refractivity contribution >= 4 is 60.2 Å². The summed E-state index contributed by atoms with van der Waals surface area (Å²) in [6.45, 7) is 6.76. The van der Waals surface area contributed by atoms with Crippen LogP contribution in [0.15, 0.2) is 170 Å². The Morgan fingerprint density at radius 1 is 0.404 bits per heavy atom. The third-order valence-electron chi connectivity index (χ3n) is 10.8. The first-order valence-electron chi connectivity index (χ1n) is 18.1. The van der Waals surface area contributed by atoms with E-state index < -0.39 is 0 Å². The zero-order chi connectivity index (χ0) is 35.0. The van der Waals surface area contributed by atoms with Gasteiger partial charge in [0, 0.05) is 11.1 Å². The molecule has 0 saturated carbocycles. The lowest BCUT2D eigenvalue weighted by Crippen LogP contribution is -2.16. The highest BCUT2D eigenvalue weighted by Crippen LogP contribution is 2.54. The topological polar surface area (TPSA) is 12.5 Å². The van der Waals surface area contributed by atoms with Crippen molar-refractivity contribution in [3.05, 3.63) is 175 Å². The molecule has 0 atom stereocenters. The van der Waals surface area contributed by atoms with E-state index >= 15 is 0 Å². The lowest BCUT2D eigenvalue weighted by Gasteiger charge is -2.34. The fraction of sp³-hybridized carbons (Fsp3) is 0.0800. The van der Waals surface area contributed by atoms with E-state index in [-0.39, 0.29) is 5.41 Å². The molecule has 0 unspecified atom stereocenters. The summed E-state index contributed by atoms with van der Waals surface area (Å²) in [5.74, 6) is 1.70. The van der Waals surface area contributed by atoms with E-state index in [0.29, 0.717) is 0 Å². The molecule has 248 valence electrons. The Morgan fingerprint density at radius 2 is 0.923 bits per heavy atom. The molecule has 0 amide bonds. The van der Waals surface area contributed by atoms with Crippen molar-refractivity contribution in [2.75, 3.05) is 4.90 Å². The Balaban J connectivity index is 1.09. The summed E-state index contributed by atoms with van der Waals surface area (Å²) in [4.78, 5) is 2.37. The maximum absolute atomic E-state index is 6.74. The van der Waals surface area contributed by atoms with Crippen LogP contribution in [0.1, 0.15) is 26.3 Å². The maximum Gasteiger partial charge on any atom is 0.152 e. The number of nitrogens with zero attached hydrogens (tertiary/aromatic N) is 1. The summed E-state index contributed by atoms with van der Waals surface area (Å²) < 4.78 is 6.74. The molecule has 0 aromatic heterocycles. The number of hydrogen-bond acceptors (Lipinski definition) is 2. The van der Waals surface area contributed by atoms with E-state index in [1.54, 1.807) is 0 Å². The Bertz CT molecular complexity index is 2810. The molecule has 2 nitrogen and oxygen atoms in total. The van der Waals surface area contributed by atoms with E-state index in [4.69, 9.17) is 4.74 Å². The standard InChI is InChI=1S/C50H37NO/c1-50(2,3)37-23-16-32(17-24-37)36-21-28-46-48(31-36)52-47-29-22-34-10-4-5-11-39(34)49(47)51(46)38-25-18-33(19-26-38)35-20-27-44-42-14-7-6-12-40(42)41-13-8-9-15-43(41)45(44)30-35/h4-31H,1-3H3. The molecule has 0 N–H and O–H groups in total. The second-order valence-corrected chi connectivity index (χ2v) is 15.0. The fourth-order valence-corrected chi connectivity index (χ4v) is 8.07. The average Bonchev–Trinajstić information content (AvgIpc) is 3.19. The minimum atomic E-state index is 0.109. The molecule has 10 rings (SSSR count). The van der Waals surface area contributed by atoms with Crippen LogP contribution in [-0.2, 0) is 5.41 Å². The van der Waals surface area contributed by atoms with E-state index in [1.165, 1.54) is 60.0 Å². The van der Waals surface area contributed by atoms with Crippen LogP contribution in [0.25, 0.3) is 65.3 Å². The van der Waals surface area contributed by atoms with E-state index in [9.17, 15) is 0 Å². The predicted molar refractivity (Wildman–Crippen MR) is 221 cm³/mol. The molecule has 0 bridgehead atoms. The highest BCUT2D eigenvalue weighted by Gasteiger charge is 2.28. The van der Waals surface area contributed by atoms with Gasteiger partial charge in [0.15, 0.2) is 11.5 Å². The normalized spacial score (nSPS) is 12.6. The highest BCUT2D eigenvalue weighted by molar-refractivity contribution is 6.25. The molecule has 9 aromatic rings. The molecule has 9 aromatic carbocycles. The third-order valence-corrected chi connectivity index (χ3v) is 10.8. The van der Waals surface area contributed by atoms with Gasteiger partial charge in [-0.1, -0.05) is 154 Å². The van der Waals surface area contributed by atoms with E-state index in [1.807, 2.05) is 0 Å². The van der Waals surface area contributed by atoms with Crippen LogP contribution in [0.2, 0.25) is 0 Å². The molecule has 1 heterocycles. The smallest absolute Gasteiger partial charge is 0.152 e. The second kappa shape index (κ2) is 11.6. The van der Waals surface area contributed by atoms with E-state index in [2.05, 4.69) is 196 Å². The van der Waals surface area contributed by atoms with Crippen LogP contribution in [0.4, 0.5) is 17.1 Å². The summed E-state index contributed by atoms with van der Waals surface area (Å²) in [6.07, 6.45) is 0. The monoisotopic (exact) mass is 667 g/mol. The van der Waals surface area contributed by atoms with Crippen molar-refractivity contribution in [2.45, 2.75) is 26.2 Å². The van der Waals surface area contributed by atoms with Crippen molar-refractivity contribution in [3.63, 3.8) is 0 Å². The minimum absolute atomic E-state index is 0.109. The Hall–Kier alpha value is -6.38. The van der Waals surface area contributed by atoms with Gasteiger partial charge in [-0.3, -0.25) is 0 Å². The van der Waals surface area contributed by atoms with Crippen LogP contribution in [0.5, 0.6) is 11.5 Å². The summed E-state index contributed by atoms with van der Waals surface area (Å²) in [6, 6.07) is 61.8. The molecular weight excluding hydrogens is 631 g/mol. The molecule has 0 fully saturated rings. The van der Waals surface area contributed by atoms with Crippen molar-refractivity contribution < 1.29 is 4.74 Å². The largest absolute Gasteiger partial charge is 0.453 e. The molecule has 0 radical (unpaired) electrons. The average molecular weight is 668 g/mol. The van der Waals surface area contributed by atoms with Gasteiger partial charge in [0.1, 0.15) is 0 Å². The Labute approximate surface area is 304 Å². The van der Waals surface area contributed by atoms with Gasteiger partial charge in [-0.05, 0) is 107 Å². The first kappa shape index (κ1) is 30.4. The number of hydrogen-bond donors (Lipinski definition) is 0. The molecular formula is C50H37NO. The Kier molecular flexibility index (Phi) is 6.78. The zero-order valence-corrected chi connectivity index (χ0v) is 29.5. The lowest BCUT2D eigenvalue weighted by molar-refractivity contribution is 0.478. The SMILES string of the molecule is CC(C)(C)c1ccc(-c2ccc3c(c2)Oc2ccc4ccccc4c2N3c2ccc(-c3ccc4c5ccccc5c5ccccc5c4c3)cc2)cc1. The molecule has 0 saturated heterocycles. The van der Waals surface area contributed by atoms with Gasteiger partial charge >= 0.3 is 0 Å². The van der Waals surface area contributed by atoms with Crippen LogP contribution < -0.4 is 9.64 Å². The number of anilines is 3. The van der Waals surface area contributed by atoms with Gasteiger partial charge in [0.25, 0.3) is 0 Å². The number of benzene rings is 9. The summed E-state index contributed by atoms with van der Waals surface area (Å²) in [5.41, 5.74) is 9.30. The molecule has 0 aliphatic carbocycles. The second-order valence-electron chi connectivity index (χ2n) is 15.0. The summed E-state index contributed by atoms with van der Waals surface area (Å²) in [5, 5.41) is 10.1. The van der Waals surface area contributed by atoms with Gasteiger partial charge in [-0.2, -0.15) is 0 Å². The molecule has 1 aliphatic heterocycles. The van der Waals surface area contributed by atoms with Crippen LogP contribution in [0, 0.1) is 0 Å². The highest BCUT2D eigenvalue weighted by atomic mass is 16.5. The van der Waals surface area contributed by atoms with Gasteiger partial charge in [-0.15, -0.1) is 0 Å². The quantitative estimate of drug-likeness (QED) is 0.174. The summed E-state index contributed by atoms with van der Waals surface area (Å²) >= 11 is 0. The third kappa shape index (κ3) is 4.86. The fourth-order valence-electron chi connectivity index (χ4n) is 8.07. The van der Waals surface area contributed by atoms with Crippen LogP contribution in [0.3, 0.4) is 0 Å². The van der Waals surface area contributed by atoms with Gasteiger partial charge < -0.3 is 9.64 Å². The molecule has 52 heavy (non-hydrogen) atoms. The number of fused-ring (bicyclic) bond motifs is 10. The van der Waals surface area contributed by atoms with Crippen molar-refractivity contribution in [3.8, 4) is 33.8 Å². The van der Waals surface area contributed by atoms with Crippen molar-refractivity contribution in [1.29, 1.82) is 0 Å². The zero-order valence-electron chi connectivity index (χ0n) is 29.5. The van der Waals surface area contributed by atoms with Crippen molar-refractivity contribution in [1.82, 2.24) is 0 Å². The first-order valence-corrected chi connectivity index (χ1v) is 18.1. The molecule has 2 heteroatoms. The Morgan fingerprint density at radius 3 is 1.58 bits per heavy atom. The van der Waals surface area contributed by atoms with Gasteiger partial charge in [0.2, 0.25) is 0 Å². The van der Waals surface area contributed by atoms with Gasteiger partial charge in [0.05, 0.1) is 11.4 Å².